The maximum atomic E-state index is 12.8. The van der Waals surface area contributed by atoms with Crippen molar-refractivity contribution in [3.8, 4) is 0 Å². The Balaban J connectivity index is 1.59. The number of benzene rings is 1. The Labute approximate surface area is 112 Å². The molecule has 1 heterocycles. The summed E-state index contributed by atoms with van der Waals surface area (Å²) in [7, 11) is 0. The largest absolute Gasteiger partial charge is 0.322 e. The summed E-state index contributed by atoms with van der Waals surface area (Å²) in [6.45, 7) is 3.14. The van der Waals surface area contributed by atoms with Crippen molar-refractivity contribution in [1.29, 1.82) is 0 Å². The molecule has 3 rings (SSSR count). The second-order valence-corrected chi connectivity index (χ2v) is 5.93. The van der Waals surface area contributed by atoms with Gasteiger partial charge in [-0.2, -0.15) is 0 Å². The van der Waals surface area contributed by atoms with E-state index in [1.165, 1.54) is 25.0 Å². The topological polar surface area (TPSA) is 32.1 Å². The summed E-state index contributed by atoms with van der Waals surface area (Å²) in [5.74, 6) is 0.496. The van der Waals surface area contributed by atoms with Gasteiger partial charge in [0, 0.05) is 12.2 Å². The molecule has 0 aromatic heterocycles. The zero-order valence-electron chi connectivity index (χ0n) is 11.2. The number of carbonyl (C=O) groups is 1. The molecule has 2 aliphatic rings. The minimum absolute atomic E-state index is 0.0545. The molecule has 2 fully saturated rings. The molecule has 1 saturated carbocycles. The number of amides is 2. The summed E-state index contributed by atoms with van der Waals surface area (Å²) >= 11 is 0. The van der Waals surface area contributed by atoms with Crippen molar-refractivity contribution in [3.05, 3.63) is 30.1 Å². The van der Waals surface area contributed by atoms with Gasteiger partial charge in [0.25, 0.3) is 0 Å². The number of nitrogens with one attached hydrogen (secondary N) is 1. The van der Waals surface area contributed by atoms with Crippen molar-refractivity contribution >= 4 is 11.7 Å². The number of nitrogens with zero attached hydrogens (tertiary/aromatic N) is 1. The van der Waals surface area contributed by atoms with E-state index in [4.69, 9.17) is 0 Å². The number of hydrogen-bond acceptors (Lipinski definition) is 1. The molecule has 19 heavy (non-hydrogen) atoms. The van der Waals surface area contributed by atoms with Crippen LogP contribution in [0.4, 0.5) is 14.9 Å². The van der Waals surface area contributed by atoms with Gasteiger partial charge in [0.15, 0.2) is 0 Å². The van der Waals surface area contributed by atoms with Crippen molar-refractivity contribution in [2.75, 3.05) is 11.9 Å². The predicted molar refractivity (Wildman–Crippen MR) is 72.5 cm³/mol. The molecule has 1 spiro atoms. The third-order valence-electron chi connectivity index (χ3n) is 4.47. The monoisotopic (exact) mass is 262 g/mol. The molecule has 2 amide bonds. The first-order valence-corrected chi connectivity index (χ1v) is 6.93. The van der Waals surface area contributed by atoms with Gasteiger partial charge in [-0.3, -0.25) is 0 Å². The Morgan fingerprint density at radius 2 is 1.95 bits per heavy atom. The highest BCUT2D eigenvalue weighted by molar-refractivity contribution is 5.91. The third kappa shape index (κ3) is 2.44. The van der Waals surface area contributed by atoms with Crippen molar-refractivity contribution < 1.29 is 9.18 Å². The lowest BCUT2D eigenvalue weighted by molar-refractivity contribution is 0.221. The molecule has 0 bridgehead atoms. The summed E-state index contributed by atoms with van der Waals surface area (Å²) in [5, 5.41) is 2.83. The second kappa shape index (κ2) is 4.51. The van der Waals surface area contributed by atoms with E-state index in [1.807, 2.05) is 4.90 Å². The van der Waals surface area contributed by atoms with Crippen LogP contribution in [-0.2, 0) is 0 Å². The van der Waals surface area contributed by atoms with Gasteiger partial charge < -0.3 is 10.2 Å². The lowest BCUT2D eigenvalue weighted by atomic mass is 9.82. The summed E-state index contributed by atoms with van der Waals surface area (Å²) in [6.07, 6.45) is 4.65. The van der Waals surface area contributed by atoms with Crippen LogP contribution in [0.3, 0.4) is 0 Å². The van der Waals surface area contributed by atoms with Crippen molar-refractivity contribution in [1.82, 2.24) is 4.90 Å². The predicted octanol–water partition coefficient (Wildman–Crippen LogP) is 3.62. The lowest BCUT2D eigenvalue weighted by Gasteiger charge is -2.26. The highest BCUT2D eigenvalue weighted by atomic mass is 19.1. The first-order valence-electron chi connectivity index (χ1n) is 6.93. The van der Waals surface area contributed by atoms with E-state index >= 15 is 0 Å². The van der Waals surface area contributed by atoms with Crippen LogP contribution in [-0.4, -0.2) is 23.0 Å². The minimum Gasteiger partial charge on any atom is -0.315 e. The zero-order chi connectivity index (χ0) is 13.5. The quantitative estimate of drug-likeness (QED) is 0.770. The summed E-state index contributed by atoms with van der Waals surface area (Å²) in [5.41, 5.74) is 0.772. The highest BCUT2D eigenvalue weighted by Crippen LogP contribution is 2.46. The standard InChI is InChI=1S/C15H19FN2O/c1-11-6-8-15(9-7-11)10-18(15)14(19)17-13-4-2-12(16)3-5-13/h2-5,11H,6-10H2,1H3,(H,17,19). The molecule has 0 radical (unpaired) electrons. The average molecular weight is 262 g/mol. The van der Waals surface area contributed by atoms with Crippen molar-refractivity contribution in [2.45, 2.75) is 38.1 Å². The van der Waals surface area contributed by atoms with E-state index in [1.54, 1.807) is 12.1 Å². The number of carbonyl (C=O) groups excluding carboxylic acids is 1. The Morgan fingerprint density at radius 3 is 2.58 bits per heavy atom. The van der Waals surface area contributed by atoms with Crippen LogP contribution in [0.25, 0.3) is 0 Å². The molecular weight excluding hydrogens is 243 g/mol. The van der Waals surface area contributed by atoms with Gasteiger partial charge in [0.1, 0.15) is 5.82 Å². The van der Waals surface area contributed by atoms with Crippen molar-refractivity contribution in [3.63, 3.8) is 0 Å². The first kappa shape index (κ1) is 12.5. The zero-order valence-corrected chi connectivity index (χ0v) is 11.2. The van der Waals surface area contributed by atoms with Crippen molar-refractivity contribution in [2.24, 2.45) is 5.92 Å². The third-order valence-corrected chi connectivity index (χ3v) is 4.47. The van der Waals surface area contributed by atoms with Gasteiger partial charge in [-0.1, -0.05) is 6.92 Å². The van der Waals surface area contributed by atoms with Crippen LogP contribution < -0.4 is 5.32 Å². The number of rotatable bonds is 1. The van der Waals surface area contributed by atoms with E-state index in [0.717, 1.165) is 25.3 Å². The normalized spacial score (nSPS) is 29.4. The first-order chi connectivity index (χ1) is 9.09. The Kier molecular flexibility index (Phi) is 2.96. The Hall–Kier alpha value is -1.58. The van der Waals surface area contributed by atoms with Crippen LogP contribution in [0.15, 0.2) is 24.3 Å². The molecule has 1 aliphatic heterocycles. The number of urea groups is 1. The van der Waals surface area contributed by atoms with E-state index in [0.29, 0.717) is 5.69 Å². The molecule has 4 heteroatoms. The summed E-state index contributed by atoms with van der Waals surface area (Å²) < 4.78 is 12.8. The molecule has 3 nitrogen and oxygen atoms in total. The molecule has 0 unspecified atom stereocenters. The minimum atomic E-state index is -0.289. The van der Waals surface area contributed by atoms with E-state index < -0.39 is 0 Å². The summed E-state index contributed by atoms with van der Waals surface area (Å²) in [6, 6.07) is 5.84. The Bertz CT molecular complexity index is 477. The number of anilines is 1. The average Bonchev–Trinajstić information content (AvgIpc) is 3.11. The maximum Gasteiger partial charge on any atom is 0.322 e. The fraction of sp³-hybridized carbons (Fsp3) is 0.533. The smallest absolute Gasteiger partial charge is 0.315 e. The maximum absolute atomic E-state index is 12.8. The van der Waals surface area contributed by atoms with Crippen LogP contribution in [0, 0.1) is 11.7 Å². The SMILES string of the molecule is CC1CCC2(CC1)CN2C(=O)Nc1ccc(F)cc1. The molecule has 1 N–H and O–H groups in total. The van der Waals surface area contributed by atoms with E-state index in [-0.39, 0.29) is 17.4 Å². The fourth-order valence-corrected chi connectivity index (χ4v) is 3.00. The van der Waals surface area contributed by atoms with E-state index in [2.05, 4.69) is 12.2 Å². The van der Waals surface area contributed by atoms with Gasteiger partial charge >= 0.3 is 6.03 Å². The van der Waals surface area contributed by atoms with Crippen LogP contribution >= 0.6 is 0 Å². The molecule has 1 aromatic rings. The lowest BCUT2D eigenvalue weighted by Crippen LogP contribution is -2.30. The van der Waals surface area contributed by atoms with Crippen LogP contribution in [0.5, 0.6) is 0 Å². The van der Waals surface area contributed by atoms with Gasteiger partial charge in [-0.15, -0.1) is 0 Å². The van der Waals surface area contributed by atoms with Gasteiger partial charge in [-0.25, -0.2) is 9.18 Å². The van der Waals surface area contributed by atoms with Gasteiger partial charge in [0.05, 0.1) is 5.54 Å². The summed E-state index contributed by atoms with van der Waals surface area (Å²) in [4.78, 5) is 14.1. The second-order valence-electron chi connectivity index (χ2n) is 5.93. The molecule has 1 aromatic carbocycles. The van der Waals surface area contributed by atoms with Crippen LogP contribution in [0.2, 0.25) is 0 Å². The molecule has 0 atom stereocenters. The van der Waals surface area contributed by atoms with E-state index in [9.17, 15) is 9.18 Å². The van der Waals surface area contributed by atoms with Gasteiger partial charge in [-0.05, 0) is 55.9 Å². The fourth-order valence-electron chi connectivity index (χ4n) is 3.00. The highest BCUT2D eigenvalue weighted by Gasteiger charge is 2.55. The molecule has 1 saturated heterocycles. The van der Waals surface area contributed by atoms with Crippen LogP contribution in [0.1, 0.15) is 32.6 Å². The molecular formula is C15H19FN2O. The Morgan fingerprint density at radius 1 is 1.32 bits per heavy atom. The molecule has 102 valence electrons. The molecule has 1 aliphatic carbocycles. The number of hydrogen-bond donors (Lipinski definition) is 1. The van der Waals surface area contributed by atoms with Gasteiger partial charge in [0.2, 0.25) is 0 Å². The number of halogens is 1.